The minimum atomic E-state index is 0.634. The van der Waals surface area contributed by atoms with E-state index in [0.29, 0.717) is 13.1 Å². The molecule has 0 amide bonds. The quantitative estimate of drug-likeness (QED) is 0.523. The molecule has 0 saturated heterocycles. The molecule has 3 heterocycles. The number of hydrogen-bond acceptors (Lipinski definition) is 4. The fourth-order valence-corrected chi connectivity index (χ4v) is 3.16. The summed E-state index contributed by atoms with van der Waals surface area (Å²) in [4.78, 5) is 8.83. The van der Waals surface area contributed by atoms with Gasteiger partial charge in [0.2, 0.25) is 0 Å². The lowest BCUT2D eigenvalue weighted by Crippen LogP contribution is -2.36. The van der Waals surface area contributed by atoms with Crippen LogP contribution < -0.4 is 10.6 Å². The van der Waals surface area contributed by atoms with Crippen LogP contribution in [0.3, 0.4) is 0 Å². The Labute approximate surface area is 165 Å². The molecule has 0 fully saturated rings. The summed E-state index contributed by atoms with van der Waals surface area (Å²) in [6.07, 6.45) is 1.86. The van der Waals surface area contributed by atoms with Gasteiger partial charge in [-0.15, -0.1) is 0 Å². The highest BCUT2D eigenvalue weighted by Gasteiger charge is 2.10. The second kappa shape index (κ2) is 8.24. The Bertz CT molecular complexity index is 979. The van der Waals surface area contributed by atoms with Gasteiger partial charge in [-0.25, -0.2) is 9.67 Å². The lowest BCUT2D eigenvalue weighted by Gasteiger charge is -2.12. The van der Waals surface area contributed by atoms with E-state index in [0.717, 1.165) is 40.1 Å². The first-order valence-corrected chi connectivity index (χ1v) is 9.31. The molecule has 0 spiro atoms. The van der Waals surface area contributed by atoms with E-state index in [4.69, 9.17) is 0 Å². The second-order valence-electron chi connectivity index (χ2n) is 6.92. The molecule has 0 aliphatic carbocycles. The summed E-state index contributed by atoms with van der Waals surface area (Å²) in [6, 6.07) is 6.07. The zero-order valence-electron chi connectivity index (χ0n) is 17.4. The van der Waals surface area contributed by atoms with Gasteiger partial charge in [0, 0.05) is 50.3 Å². The number of aryl methyl sites for hydroxylation is 4. The number of aliphatic imine (C=N–C) groups is 1. The maximum absolute atomic E-state index is 4.54. The molecule has 3 aromatic rings. The third-order valence-corrected chi connectivity index (χ3v) is 4.81. The molecule has 148 valence electrons. The van der Waals surface area contributed by atoms with Gasteiger partial charge in [-0.2, -0.15) is 10.2 Å². The van der Waals surface area contributed by atoms with Crippen LogP contribution >= 0.6 is 0 Å². The minimum absolute atomic E-state index is 0.634. The van der Waals surface area contributed by atoms with Crippen LogP contribution in [0.5, 0.6) is 0 Å². The predicted molar refractivity (Wildman–Crippen MR) is 111 cm³/mol. The minimum Gasteiger partial charge on any atom is -0.352 e. The van der Waals surface area contributed by atoms with Gasteiger partial charge in [-0.05, 0) is 45.4 Å². The standard InChI is InChI=1S/C20H28N8/c1-13-9-14(2)28(25-13)19-8-7-17(10-22-19)11-23-20(21-5)24-12-18-15(3)26-27(6)16(18)4/h7-10H,11-12H2,1-6H3,(H2,21,23,24). The van der Waals surface area contributed by atoms with Crippen molar-refractivity contribution in [1.29, 1.82) is 0 Å². The van der Waals surface area contributed by atoms with Crippen LogP contribution in [0.25, 0.3) is 5.82 Å². The molecule has 0 atom stereocenters. The topological polar surface area (TPSA) is 84.9 Å². The van der Waals surface area contributed by atoms with Crippen LogP contribution in [0.2, 0.25) is 0 Å². The van der Waals surface area contributed by atoms with Crippen molar-refractivity contribution in [2.45, 2.75) is 40.8 Å². The molecule has 0 aromatic carbocycles. The molecule has 0 aliphatic rings. The first-order chi connectivity index (χ1) is 13.4. The summed E-state index contributed by atoms with van der Waals surface area (Å²) in [5.74, 6) is 1.56. The van der Waals surface area contributed by atoms with E-state index in [1.54, 1.807) is 7.05 Å². The van der Waals surface area contributed by atoms with Crippen LogP contribution in [0.4, 0.5) is 0 Å². The van der Waals surface area contributed by atoms with Gasteiger partial charge < -0.3 is 10.6 Å². The van der Waals surface area contributed by atoms with Crippen molar-refractivity contribution in [3.63, 3.8) is 0 Å². The number of guanidine groups is 1. The van der Waals surface area contributed by atoms with Gasteiger partial charge in [0.25, 0.3) is 0 Å². The van der Waals surface area contributed by atoms with Crippen LogP contribution in [0.15, 0.2) is 29.4 Å². The Hall–Kier alpha value is -3.16. The summed E-state index contributed by atoms with van der Waals surface area (Å²) in [5.41, 5.74) is 6.51. The van der Waals surface area contributed by atoms with Crippen molar-refractivity contribution in [3.05, 3.63) is 58.3 Å². The highest BCUT2D eigenvalue weighted by atomic mass is 15.3. The average molecular weight is 381 g/mol. The Kier molecular flexibility index (Phi) is 5.77. The van der Waals surface area contributed by atoms with Crippen LogP contribution in [0, 0.1) is 27.7 Å². The van der Waals surface area contributed by atoms with Gasteiger partial charge in [-0.1, -0.05) is 6.07 Å². The molecule has 3 rings (SSSR count). The Morgan fingerprint density at radius 3 is 2.36 bits per heavy atom. The van der Waals surface area contributed by atoms with Gasteiger partial charge in [0.1, 0.15) is 0 Å². The van der Waals surface area contributed by atoms with Gasteiger partial charge in [-0.3, -0.25) is 9.67 Å². The van der Waals surface area contributed by atoms with E-state index in [1.165, 1.54) is 5.56 Å². The van der Waals surface area contributed by atoms with Crippen LogP contribution in [0.1, 0.15) is 33.9 Å². The fraction of sp³-hybridized carbons (Fsp3) is 0.400. The van der Waals surface area contributed by atoms with E-state index in [-0.39, 0.29) is 0 Å². The van der Waals surface area contributed by atoms with Crippen molar-refractivity contribution in [3.8, 4) is 5.82 Å². The number of nitrogens with zero attached hydrogens (tertiary/aromatic N) is 6. The molecule has 28 heavy (non-hydrogen) atoms. The van der Waals surface area contributed by atoms with Crippen molar-refractivity contribution in [2.75, 3.05) is 7.05 Å². The van der Waals surface area contributed by atoms with Crippen LogP contribution in [-0.4, -0.2) is 37.6 Å². The lowest BCUT2D eigenvalue weighted by molar-refractivity contribution is 0.728. The zero-order valence-corrected chi connectivity index (χ0v) is 17.4. The third-order valence-electron chi connectivity index (χ3n) is 4.81. The fourth-order valence-electron chi connectivity index (χ4n) is 3.16. The molecule has 0 aliphatic heterocycles. The van der Waals surface area contributed by atoms with Crippen molar-refractivity contribution >= 4 is 5.96 Å². The summed E-state index contributed by atoms with van der Waals surface area (Å²) < 4.78 is 3.75. The summed E-state index contributed by atoms with van der Waals surface area (Å²) in [6.45, 7) is 9.42. The number of nitrogens with one attached hydrogen (secondary N) is 2. The smallest absolute Gasteiger partial charge is 0.191 e. The predicted octanol–water partition coefficient (Wildman–Crippen LogP) is 2.10. The Morgan fingerprint density at radius 1 is 1.07 bits per heavy atom. The Morgan fingerprint density at radius 2 is 1.82 bits per heavy atom. The highest BCUT2D eigenvalue weighted by molar-refractivity contribution is 5.79. The third kappa shape index (κ3) is 4.21. The molecule has 2 N–H and O–H groups in total. The van der Waals surface area contributed by atoms with E-state index in [1.807, 2.05) is 55.5 Å². The first kappa shape index (κ1) is 19.6. The normalized spacial score (nSPS) is 11.7. The van der Waals surface area contributed by atoms with Crippen molar-refractivity contribution in [1.82, 2.24) is 35.2 Å². The van der Waals surface area contributed by atoms with E-state index >= 15 is 0 Å². The lowest BCUT2D eigenvalue weighted by atomic mass is 10.2. The van der Waals surface area contributed by atoms with E-state index < -0.39 is 0 Å². The number of pyridine rings is 1. The summed E-state index contributed by atoms with van der Waals surface area (Å²) in [5, 5.41) is 15.6. The molecule has 0 bridgehead atoms. The molecule has 8 heteroatoms. The number of rotatable bonds is 5. The monoisotopic (exact) mass is 380 g/mol. The molecule has 0 radical (unpaired) electrons. The highest BCUT2D eigenvalue weighted by Crippen LogP contribution is 2.12. The van der Waals surface area contributed by atoms with Crippen molar-refractivity contribution < 1.29 is 0 Å². The second-order valence-corrected chi connectivity index (χ2v) is 6.92. The van der Waals surface area contributed by atoms with E-state index in [9.17, 15) is 0 Å². The van der Waals surface area contributed by atoms with Gasteiger partial charge in [0.15, 0.2) is 11.8 Å². The van der Waals surface area contributed by atoms with Gasteiger partial charge in [0.05, 0.1) is 11.4 Å². The average Bonchev–Trinajstić information content (AvgIpc) is 3.13. The summed E-state index contributed by atoms with van der Waals surface area (Å²) >= 11 is 0. The van der Waals surface area contributed by atoms with E-state index in [2.05, 4.69) is 43.8 Å². The molecular formula is C20H28N8. The molecule has 0 saturated carbocycles. The molecule has 8 nitrogen and oxygen atoms in total. The molecule has 3 aromatic heterocycles. The first-order valence-electron chi connectivity index (χ1n) is 9.31. The zero-order chi connectivity index (χ0) is 20.3. The van der Waals surface area contributed by atoms with Crippen LogP contribution in [-0.2, 0) is 20.1 Å². The maximum Gasteiger partial charge on any atom is 0.191 e. The number of hydrogen-bond donors (Lipinski definition) is 2. The summed E-state index contributed by atoms with van der Waals surface area (Å²) in [7, 11) is 3.73. The maximum atomic E-state index is 4.54. The number of aromatic nitrogens is 5. The molecule has 0 unspecified atom stereocenters. The molecular weight excluding hydrogens is 352 g/mol. The van der Waals surface area contributed by atoms with Crippen molar-refractivity contribution in [2.24, 2.45) is 12.0 Å². The van der Waals surface area contributed by atoms with Gasteiger partial charge >= 0.3 is 0 Å². The SMILES string of the molecule is CN=C(NCc1ccc(-n2nc(C)cc2C)nc1)NCc1c(C)nn(C)c1C. The Balaban J connectivity index is 1.58. The largest absolute Gasteiger partial charge is 0.352 e.